The van der Waals surface area contributed by atoms with E-state index in [2.05, 4.69) is 11.9 Å². The summed E-state index contributed by atoms with van der Waals surface area (Å²) in [5, 5.41) is 0. The second kappa shape index (κ2) is 6.48. The van der Waals surface area contributed by atoms with Crippen molar-refractivity contribution in [1.82, 2.24) is 9.80 Å². The highest BCUT2D eigenvalue weighted by Crippen LogP contribution is 2.13. The molecule has 1 saturated heterocycles. The number of piperidine rings is 1. The Hall–Kier alpha value is -1.09. The molecule has 3 nitrogen and oxygen atoms in total. The van der Waals surface area contributed by atoms with Crippen LogP contribution in [-0.4, -0.2) is 48.9 Å². The van der Waals surface area contributed by atoms with Gasteiger partial charge in [0.15, 0.2) is 0 Å². The molecular formula is C13H22N2O. The van der Waals surface area contributed by atoms with Crippen molar-refractivity contribution in [3.8, 4) is 0 Å². The predicted octanol–water partition coefficient (Wildman–Crippen LogP) is 1.67. The Kier molecular flexibility index (Phi) is 5.26. The molecule has 0 radical (unpaired) electrons. The van der Waals surface area contributed by atoms with Crippen LogP contribution in [0.2, 0.25) is 0 Å². The van der Waals surface area contributed by atoms with Crippen LogP contribution in [0.4, 0.5) is 0 Å². The minimum atomic E-state index is 0.0957. The van der Waals surface area contributed by atoms with Crippen molar-refractivity contribution >= 4 is 5.91 Å². The molecule has 1 unspecified atom stereocenters. The van der Waals surface area contributed by atoms with Gasteiger partial charge in [0.2, 0.25) is 5.91 Å². The van der Waals surface area contributed by atoms with E-state index in [-0.39, 0.29) is 5.91 Å². The highest BCUT2D eigenvalue weighted by atomic mass is 16.2. The van der Waals surface area contributed by atoms with Crippen molar-refractivity contribution in [1.29, 1.82) is 0 Å². The van der Waals surface area contributed by atoms with Gasteiger partial charge in [0, 0.05) is 25.7 Å². The third kappa shape index (κ3) is 3.81. The van der Waals surface area contributed by atoms with E-state index in [0.29, 0.717) is 6.04 Å². The molecule has 1 aliphatic rings. The van der Waals surface area contributed by atoms with Crippen LogP contribution in [-0.2, 0) is 4.79 Å². The highest BCUT2D eigenvalue weighted by Gasteiger charge is 2.22. The molecule has 90 valence electrons. The van der Waals surface area contributed by atoms with E-state index < -0.39 is 0 Å². The van der Waals surface area contributed by atoms with E-state index in [1.807, 2.05) is 31.0 Å². The molecule has 1 amide bonds. The Balaban J connectivity index is 2.49. The molecule has 1 rings (SSSR count). The molecule has 0 aliphatic carbocycles. The van der Waals surface area contributed by atoms with Gasteiger partial charge in [-0.2, -0.15) is 0 Å². The fraction of sp³-hybridized carbons (Fsp3) is 0.615. The molecule has 0 bridgehead atoms. The molecule has 3 heteroatoms. The van der Waals surface area contributed by atoms with Crippen LogP contribution in [0.5, 0.6) is 0 Å². The summed E-state index contributed by atoms with van der Waals surface area (Å²) in [5.74, 6) is 0.0957. The largest absolute Gasteiger partial charge is 0.338 e. The van der Waals surface area contributed by atoms with Crippen molar-refractivity contribution in [2.75, 3.05) is 27.2 Å². The molecule has 1 heterocycles. The number of rotatable bonds is 3. The number of amides is 1. The lowest BCUT2D eigenvalue weighted by molar-refractivity contribution is -0.127. The van der Waals surface area contributed by atoms with E-state index in [1.54, 1.807) is 12.2 Å². The topological polar surface area (TPSA) is 23.6 Å². The number of allylic oxidation sites excluding steroid dienone is 3. The molecule has 1 atom stereocenters. The summed E-state index contributed by atoms with van der Waals surface area (Å²) in [5.41, 5.74) is 0. The van der Waals surface area contributed by atoms with Gasteiger partial charge in [-0.1, -0.05) is 18.2 Å². The van der Waals surface area contributed by atoms with Gasteiger partial charge in [0.25, 0.3) is 0 Å². The average Bonchev–Trinajstić information content (AvgIpc) is 2.28. The number of nitrogens with zero attached hydrogens (tertiary/aromatic N) is 2. The molecule has 0 N–H and O–H groups in total. The smallest absolute Gasteiger partial charge is 0.246 e. The zero-order valence-electron chi connectivity index (χ0n) is 10.5. The quantitative estimate of drug-likeness (QED) is 0.536. The lowest BCUT2D eigenvalue weighted by Gasteiger charge is -2.35. The number of likely N-dealkylation sites (tertiary alicyclic amines) is 1. The van der Waals surface area contributed by atoms with Crippen LogP contribution >= 0.6 is 0 Å². The van der Waals surface area contributed by atoms with Gasteiger partial charge in [0.1, 0.15) is 0 Å². The highest BCUT2D eigenvalue weighted by molar-refractivity contribution is 5.87. The Bertz CT molecular complexity index is 284. The van der Waals surface area contributed by atoms with Crippen molar-refractivity contribution < 1.29 is 4.79 Å². The summed E-state index contributed by atoms with van der Waals surface area (Å²) < 4.78 is 0. The van der Waals surface area contributed by atoms with Gasteiger partial charge >= 0.3 is 0 Å². The second-order valence-corrected chi connectivity index (χ2v) is 4.39. The summed E-state index contributed by atoms with van der Waals surface area (Å²) in [6.07, 6.45) is 9.51. The number of hydrogen-bond acceptors (Lipinski definition) is 2. The number of carbonyl (C=O) groups is 1. The third-order valence-corrected chi connectivity index (χ3v) is 3.04. The fourth-order valence-corrected chi connectivity index (χ4v) is 2.00. The Morgan fingerprint density at radius 2 is 2.19 bits per heavy atom. The fourth-order valence-electron chi connectivity index (χ4n) is 2.00. The Labute approximate surface area is 98.4 Å². The second-order valence-electron chi connectivity index (χ2n) is 4.39. The molecule has 0 spiro atoms. The van der Waals surface area contributed by atoms with Gasteiger partial charge in [-0.3, -0.25) is 4.79 Å². The summed E-state index contributed by atoms with van der Waals surface area (Å²) in [6.45, 7) is 4.07. The standard InChI is InChI=1S/C13H22N2O/c1-4-5-6-9-13(16)15(3)12-8-7-10-14(2)11-12/h4-6,9,12H,7-8,10-11H2,1-3H3/b5-4+,9-6+. The van der Waals surface area contributed by atoms with Crippen LogP contribution in [0.1, 0.15) is 19.8 Å². The first kappa shape index (κ1) is 13.0. The van der Waals surface area contributed by atoms with E-state index in [4.69, 9.17) is 0 Å². The summed E-state index contributed by atoms with van der Waals surface area (Å²) >= 11 is 0. The van der Waals surface area contributed by atoms with Crippen molar-refractivity contribution in [2.45, 2.75) is 25.8 Å². The Morgan fingerprint density at radius 1 is 1.44 bits per heavy atom. The monoisotopic (exact) mass is 222 g/mol. The molecule has 0 aromatic rings. The van der Waals surface area contributed by atoms with E-state index >= 15 is 0 Å². The van der Waals surface area contributed by atoms with Crippen LogP contribution < -0.4 is 0 Å². The number of carbonyl (C=O) groups excluding carboxylic acids is 1. The number of hydrogen-bond donors (Lipinski definition) is 0. The molecular weight excluding hydrogens is 200 g/mol. The van der Waals surface area contributed by atoms with E-state index in [0.717, 1.165) is 19.5 Å². The molecule has 0 aromatic carbocycles. The lowest BCUT2D eigenvalue weighted by Crippen LogP contribution is -2.46. The van der Waals surface area contributed by atoms with Gasteiger partial charge in [-0.05, 0) is 33.4 Å². The van der Waals surface area contributed by atoms with Crippen LogP contribution in [0, 0.1) is 0 Å². The maximum atomic E-state index is 11.8. The van der Waals surface area contributed by atoms with E-state index in [9.17, 15) is 4.79 Å². The molecule has 0 saturated carbocycles. The van der Waals surface area contributed by atoms with Crippen LogP contribution in [0.3, 0.4) is 0 Å². The zero-order chi connectivity index (χ0) is 12.0. The maximum absolute atomic E-state index is 11.8. The first-order chi connectivity index (χ1) is 7.65. The van der Waals surface area contributed by atoms with Gasteiger partial charge < -0.3 is 9.80 Å². The predicted molar refractivity (Wildman–Crippen MR) is 67.2 cm³/mol. The molecule has 16 heavy (non-hydrogen) atoms. The van der Waals surface area contributed by atoms with Crippen molar-refractivity contribution in [3.05, 3.63) is 24.3 Å². The van der Waals surface area contributed by atoms with Gasteiger partial charge in [-0.15, -0.1) is 0 Å². The van der Waals surface area contributed by atoms with Gasteiger partial charge in [-0.25, -0.2) is 0 Å². The molecule has 1 fully saturated rings. The van der Waals surface area contributed by atoms with E-state index in [1.165, 1.54) is 6.42 Å². The minimum absolute atomic E-state index is 0.0957. The lowest BCUT2D eigenvalue weighted by atomic mass is 10.1. The zero-order valence-corrected chi connectivity index (χ0v) is 10.5. The van der Waals surface area contributed by atoms with Crippen molar-refractivity contribution in [2.24, 2.45) is 0 Å². The SMILES string of the molecule is C/C=C/C=C/C(=O)N(C)C1CCCN(C)C1. The first-order valence-electron chi connectivity index (χ1n) is 5.90. The molecule has 0 aromatic heterocycles. The number of likely N-dealkylation sites (N-methyl/N-ethyl adjacent to an activating group) is 2. The van der Waals surface area contributed by atoms with Crippen LogP contribution in [0.15, 0.2) is 24.3 Å². The minimum Gasteiger partial charge on any atom is -0.338 e. The average molecular weight is 222 g/mol. The first-order valence-corrected chi connectivity index (χ1v) is 5.90. The summed E-state index contributed by atoms with van der Waals surface area (Å²) in [7, 11) is 4.01. The normalized spacial score (nSPS) is 23.1. The Morgan fingerprint density at radius 3 is 2.81 bits per heavy atom. The van der Waals surface area contributed by atoms with Crippen molar-refractivity contribution in [3.63, 3.8) is 0 Å². The third-order valence-electron chi connectivity index (χ3n) is 3.04. The molecule has 1 aliphatic heterocycles. The van der Waals surface area contributed by atoms with Crippen LogP contribution in [0.25, 0.3) is 0 Å². The maximum Gasteiger partial charge on any atom is 0.246 e. The summed E-state index contributed by atoms with van der Waals surface area (Å²) in [6, 6.07) is 0.363. The van der Waals surface area contributed by atoms with Gasteiger partial charge in [0.05, 0.1) is 0 Å². The summed E-state index contributed by atoms with van der Waals surface area (Å²) in [4.78, 5) is 16.0.